The van der Waals surface area contributed by atoms with Crippen LogP contribution in [-0.4, -0.2) is 58.0 Å². The molecule has 2 saturated carbocycles. The molecule has 230 valence electrons. The van der Waals surface area contributed by atoms with Crippen molar-refractivity contribution in [3.63, 3.8) is 0 Å². The van der Waals surface area contributed by atoms with Crippen molar-refractivity contribution in [2.24, 2.45) is 5.92 Å². The molecule has 8 nitrogen and oxygen atoms in total. The number of urea groups is 1. The number of carbonyl (C=O) groups is 2. The molecule has 1 aromatic heterocycles. The van der Waals surface area contributed by atoms with Crippen molar-refractivity contribution >= 4 is 11.9 Å². The number of alkyl halides is 3. The quantitative estimate of drug-likeness (QED) is 0.331. The monoisotopic (exact) mass is 608 g/mol. The molecule has 0 radical (unpaired) electrons. The molecule has 2 atom stereocenters. The van der Waals surface area contributed by atoms with Crippen LogP contribution in [0.3, 0.4) is 0 Å². The highest BCUT2D eigenvalue weighted by Gasteiger charge is 2.47. The van der Waals surface area contributed by atoms with Gasteiger partial charge >= 0.3 is 12.2 Å². The fraction of sp³-hybridized carbons (Fsp3) is 0.438. The van der Waals surface area contributed by atoms with Gasteiger partial charge in [-0.25, -0.2) is 13.9 Å². The van der Waals surface area contributed by atoms with Crippen molar-refractivity contribution in [3.8, 4) is 22.9 Å². The van der Waals surface area contributed by atoms with Crippen LogP contribution in [-0.2, 0) is 4.79 Å². The topological polar surface area (TPSA) is 103 Å². The van der Waals surface area contributed by atoms with Gasteiger partial charge in [-0.05, 0) is 61.1 Å². The Morgan fingerprint density at radius 1 is 1.02 bits per heavy atom. The number of halogens is 4. The van der Waals surface area contributed by atoms with Gasteiger partial charge in [-0.3, -0.25) is 4.79 Å². The summed E-state index contributed by atoms with van der Waals surface area (Å²) in [5.74, 6) is -0.998. The molecule has 0 spiro atoms. The number of nitriles is 1. The predicted molar refractivity (Wildman–Crippen MR) is 153 cm³/mol. The van der Waals surface area contributed by atoms with Crippen molar-refractivity contribution < 1.29 is 27.2 Å². The largest absolute Gasteiger partial charge is 0.405 e. The highest BCUT2D eigenvalue weighted by Crippen LogP contribution is 2.43. The molecule has 1 aliphatic heterocycles. The van der Waals surface area contributed by atoms with Gasteiger partial charge in [-0.2, -0.15) is 23.5 Å². The number of hydrogen-bond acceptors (Lipinski definition) is 4. The smallest absolute Gasteiger partial charge is 0.338 e. The van der Waals surface area contributed by atoms with Crippen LogP contribution >= 0.6 is 0 Å². The molecular weight excluding hydrogens is 576 g/mol. The summed E-state index contributed by atoms with van der Waals surface area (Å²) in [6.45, 7) is -0.724. The lowest BCUT2D eigenvalue weighted by Gasteiger charge is -2.39. The number of rotatable bonds is 7. The minimum Gasteiger partial charge on any atom is -0.338 e. The van der Waals surface area contributed by atoms with E-state index in [0.29, 0.717) is 38.0 Å². The highest BCUT2D eigenvalue weighted by atomic mass is 19.4. The zero-order valence-electron chi connectivity index (χ0n) is 23.9. The van der Waals surface area contributed by atoms with Crippen molar-refractivity contribution in [2.45, 2.75) is 62.1 Å². The number of aromatic nitrogens is 2. The molecule has 3 amide bonds. The molecule has 1 saturated heterocycles. The Morgan fingerprint density at radius 2 is 1.70 bits per heavy atom. The zero-order chi connectivity index (χ0) is 31.1. The van der Waals surface area contributed by atoms with E-state index in [-0.39, 0.29) is 29.5 Å². The van der Waals surface area contributed by atoms with Crippen molar-refractivity contribution in [2.75, 3.05) is 19.6 Å². The van der Waals surface area contributed by atoms with E-state index in [0.717, 1.165) is 41.6 Å². The van der Waals surface area contributed by atoms with Crippen LogP contribution in [0.4, 0.5) is 22.4 Å². The van der Waals surface area contributed by atoms with Gasteiger partial charge in [0.05, 0.1) is 17.5 Å². The standard InChI is InChI=1S/C32H32F4N6O2/c33-23-9-11-24(12-10-23)42-17-27(28(40-42)25-3-1-2-4-26(25)29(43)39-31(18-37)13-14-31)21-7-5-20(6-8-21)22-15-41(16-22)30(44)38-19-32(34,35)36/h5-12,17,22,25-26H,1-4,13-16,19H2,(H,38,44)(H,39,43). The van der Waals surface area contributed by atoms with Gasteiger partial charge in [-0.1, -0.05) is 37.1 Å². The Morgan fingerprint density at radius 3 is 2.34 bits per heavy atom. The summed E-state index contributed by atoms with van der Waals surface area (Å²) in [5, 5.41) is 19.4. The first-order valence-electron chi connectivity index (χ1n) is 14.8. The van der Waals surface area contributed by atoms with Gasteiger partial charge in [0.15, 0.2) is 0 Å². The SMILES string of the molecule is N#CC1(NC(=O)C2CCCCC2c2nn(-c3ccc(F)cc3)cc2-c2ccc(C3CN(C(=O)NCC(F)(F)F)C3)cc2)CC1. The van der Waals surface area contributed by atoms with Crippen molar-refractivity contribution in [1.29, 1.82) is 5.26 Å². The molecule has 2 unspecified atom stereocenters. The second kappa shape index (κ2) is 11.6. The first-order valence-corrected chi connectivity index (χ1v) is 14.8. The number of nitrogens with one attached hydrogen (secondary N) is 2. The lowest BCUT2D eigenvalue weighted by molar-refractivity contribution is -0.127. The predicted octanol–water partition coefficient (Wildman–Crippen LogP) is 5.80. The molecule has 6 rings (SSSR count). The summed E-state index contributed by atoms with van der Waals surface area (Å²) in [6.07, 6.45) is 2.02. The van der Waals surface area contributed by atoms with Gasteiger partial charge in [0, 0.05) is 42.6 Å². The highest BCUT2D eigenvalue weighted by molar-refractivity contribution is 5.82. The Balaban J connectivity index is 1.24. The average Bonchev–Trinajstić information content (AvgIpc) is 3.62. The van der Waals surface area contributed by atoms with Gasteiger partial charge < -0.3 is 15.5 Å². The van der Waals surface area contributed by atoms with Crippen molar-refractivity contribution in [1.82, 2.24) is 25.3 Å². The maximum absolute atomic E-state index is 13.7. The summed E-state index contributed by atoms with van der Waals surface area (Å²) in [6, 6.07) is 15.3. The Hall–Kier alpha value is -4.40. The Bertz CT molecular complexity index is 1570. The molecule has 2 aromatic carbocycles. The van der Waals surface area contributed by atoms with Crippen LogP contribution in [0.15, 0.2) is 54.7 Å². The number of hydrogen-bond donors (Lipinski definition) is 2. The lowest BCUT2D eigenvalue weighted by Crippen LogP contribution is -2.53. The van der Waals surface area contributed by atoms with Crippen LogP contribution < -0.4 is 10.6 Å². The Labute approximate surface area is 252 Å². The summed E-state index contributed by atoms with van der Waals surface area (Å²) in [7, 11) is 0. The summed E-state index contributed by atoms with van der Waals surface area (Å²) in [5.41, 5.74) is 3.35. The molecule has 0 bridgehead atoms. The number of carbonyl (C=O) groups excluding carboxylic acids is 2. The van der Waals surface area contributed by atoms with Gasteiger partial charge in [-0.15, -0.1) is 0 Å². The minimum atomic E-state index is -4.46. The van der Waals surface area contributed by atoms with E-state index in [1.165, 1.54) is 17.0 Å². The van der Waals surface area contributed by atoms with E-state index < -0.39 is 24.3 Å². The van der Waals surface area contributed by atoms with Gasteiger partial charge in [0.2, 0.25) is 5.91 Å². The third-order valence-corrected chi connectivity index (χ3v) is 8.92. The first kappa shape index (κ1) is 29.7. The first-order chi connectivity index (χ1) is 21.0. The fourth-order valence-electron chi connectivity index (χ4n) is 6.18. The van der Waals surface area contributed by atoms with E-state index in [1.807, 2.05) is 35.8 Å². The normalized spacial score (nSPS) is 21.2. The zero-order valence-corrected chi connectivity index (χ0v) is 23.9. The maximum atomic E-state index is 13.7. The van der Waals surface area contributed by atoms with Crippen LogP contribution in [0.1, 0.15) is 61.6 Å². The van der Waals surface area contributed by atoms with Crippen LogP contribution in [0.25, 0.3) is 16.8 Å². The number of nitrogens with zero attached hydrogens (tertiary/aromatic N) is 4. The van der Waals surface area contributed by atoms with Crippen LogP contribution in [0, 0.1) is 23.1 Å². The Kier molecular flexibility index (Phi) is 7.82. The summed E-state index contributed by atoms with van der Waals surface area (Å²) in [4.78, 5) is 26.8. The van der Waals surface area contributed by atoms with E-state index >= 15 is 0 Å². The van der Waals surface area contributed by atoms with Crippen molar-refractivity contribution in [3.05, 3.63) is 71.8 Å². The maximum Gasteiger partial charge on any atom is 0.405 e. The third-order valence-electron chi connectivity index (χ3n) is 8.92. The second-order valence-corrected chi connectivity index (χ2v) is 12.0. The van der Waals surface area contributed by atoms with Gasteiger partial charge in [0.25, 0.3) is 0 Å². The van der Waals surface area contributed by atoms with E-state index in [4.69, 9.17) is 5.10 Å². The number of likely N-dealkylation sites (tertiary alicyclic amines) is 1. The molecule has 2 aliphatic carbocycles. The molecule has 2 N–H and O–H groups in total. The lowest BCUT2D eigenvalue weighted by atomic mass is 9.75. The minimum absolute atomic E-state index is 0.00314. The third kappa shape index (κ3) is 6.27. The van der Waals surface area contributed by atoms with E-state index in [9.17, 15) is 32.4 Å². The molecule has 3 aromatic rings. The molecule has 3 fully saturated rings. The number of amides is 3. The fourth-order valence-corrected chi connectivity index (χ4v) is 6.18. The summed E-state index contributed by atoms with van der Waals surface area (Å²) < 4.78 is 52.7. The van der Waals surface area contributed by atoms with E-state index in [2.05, 4.69) is 11.4 Å². The molecular formula is C32H32F4N6O2. The second-order valence-electron chi connectivity index (χ2n) is 12.0. The van der Waals surface area contributed by atoms with E-state index in [1.54, 1.807) is 16.8 Å². The molecule has 3 aliphatic rings. The van der Waals surface area contributed by atoms with Crippen LogP contribution in [0.2, 0.25) is 0 Å². The van der Waals surface area contributed by atoms with Crippen LogP contribution in [0.5, 0.6) is 0 Å². The molecule has 2 heterocycles. The average molecular weight is 609 g/mol. The number of benzene rings is 2. The summed E-state index contributed by atoms with van der Waals surface area (Å²) >= 11 is 0. The van der Waals surface area contributed by atoms with Gasteiger partial charge in [0.1, 0.15) is 17.9 Å². The molecule has 12 heteroatoms. The molecule has 44 heavy (non-hydrogen) atoms.